The summed E-state index contributed by atoms with van der Waals surface area (Å²) in [4.78, 5) is 31.0. The maximum Gasteiger partial charge on any atom is 0.308 e. The van der Waals surface area contributed by atoms with E-state index in [0.717, 1.165) is 72.7 Å². The lowest BCUT2D eigenvalue weighted by atomic mass is 9.50. The molecule has 7 nitrogen and oxygen atoms in total. The van der Waals surface area contributed by atoms with E-state index in [4.69, 9.17) is 14.2 Å². The summed E-state index contributed by atoms with van der Waals surface area (Å²) in [6.07, 6.45) is 6.10. The van der Waals surface area contributed by atoms with Crippen LogP contribution in [0.25, 0.3) is 0 Å². The number of amides is 1. The number of hydrogen-bond acceptors (Lipinski definition) is 6. The average Bonchev–Trinajstić information content (AvgIpc) is 3.74. The SMILES string of the molecule is COc1cc(OC(C)=O)c2c3c1O[C@H]1[C@@H](N(CC(C)C)C(=O)C#Cc4cccc(C)c4)CC[C@H]4[C@@H](C2)N(CC2CC2)CC[C@@]341. The zero-order valence-electron chi connectivity index (χ0n) is 26.7. The van der Waals surface area contributed by atoms with Gasteiger partial charge in [0, 0.05) is 60.1 Å². The fourth-order valence-electron chi connectivity index (χ4n) is 8.89. The zero-order valence-corrected chi connectivity index (χ0v) is 26.7. The Kier molecular flexibility index (Phi) is 7.40. The van der Waals surface area contributed by atoms with Crippen LogP contribution in [0.1, 0.15) is 75.1 Å². The van der Waals surface area contributed by atoms with Crippen LogP contribution in [0, 0.1) is 36.5 Å². The summed E-state index contributed by atoms with van der Waals surface area (Å²) in [6.45, 7) is 10.6. The van der Waals surface area contributed by atoms with E-state index in [1.807, 2.05) is 42.2 Å². The number of piperidine rings is 1. The lowest BCUT2D eigenvalue weighted by Crippen LogP contribution is -2.69. The molecule has 2 bridgehead atoms. The number of likely N-dealkylation sites (tertiary alicyclic amines) is 1. The quantitative estimate of drug-likeness (QED) is 0.246. The van der Waals surface area contributed by atoms with Crippen LogP contribution in [0.5, 0.6) is 17.2 Å². The van der Waals surface area contributed by atoms with E-state index in [-0.39, 0.29) is 35.4 Å². The number of esters is 1. The van der Waals surface area contributed by atoms with E-state index in [1.54, 1.807) is 7.11 Å². The molecule has 0 unspecified atom stereocenters. The molecule has 1 saturated heterocycles. The molecule has 3 fully saturated rings. The van der Waals surface area contributed by atoms with E-state index in [1.165, 1.54) is 19.8 Å². The molecule has 44 heavy (non-hydrogen) atoms. The van der Waals surface area contributed by atoms with E-state index in [2.05, 4.69) is 30.6 Å². The number of nitrogens with zero attached hydrogens (tertiary/aromatic N) is 2. The summed E-state index contributed by atoms with van der Waals surface area (Å²) in [5.41, 5.74) is 3.94. The molecule has 2 aromatic carbocycles. The van der Waals surface area contributed by atoms with Gasteiger partial charge in [-0.1, -0.05) is 31.9 Å². The van der Waals surface area contributed by atoms with E-state index in [9.17, 15) is 9.59 Å². The molecule has 2 saturated carbocycles. The lowest BCUT2D eigenvalue weighted by molar-refractivity contribution is -0.138. The van der Waals surface area contributed by atoms with Gasteiger partial charge in [0.25, 0.3) is 5.91 Å². The maximum absolute atomic E-state index is 14.0. The van der Waals surface area contributed by atoms with Gasteiger partial charge in [-0.3, -0.25) is 14.5 Å². The molecule has 2 aliphatic heterocycles. The largest absolute Gasteiger partial charge is 0.493 e. The topological polar surface area (TPSA) is 68.3 Å². The minimum atomic E-state index is -0.333. The van der Waals surface area contributed by atoms with Gasteiger partial charge in [0.1, 0.15) is 11.9 Å². The normalized spacial score (nSPS) is 28.0. The van der Waals surface area contributed by atoms with Crippen molar-refractivity contribution in [3.63, 3.8) is 0 Å². The highest BCUT2D eigenvalue weighted by atomic mass is 16.5. The Morgan fingerprint density at radius 1 is 1.16 bits per heavy atom. The molecule has 7 rings (SSSR count). The van der Waals surface area contributed by atoms with E-state index >= 15 is 0 Å². The first kappa shape index (κ1) is 29.2. The molecule has 5 atom stereocenters. The third-order valence-corrected chi connectivity index (χ3v) is 10.7. The van der Waals surface area contributed by atoms with Crippen molar-refractivity contribution in [1.82, 2.24) is 9.80 Å². The van der Waals surface area contributed by atoms with Crippen LogP contribution in [-0.4, -0.2) is 66.6 Å². The van der Waals surface area contributed by atoms with Crippen LogP contribution >= 0.6 is 0 Å². The minimum Gasteiger partial charge on any atom is -0.493 e. The molecular formula is C37H44N2O5. The third-order valence-electron chi connectivity index (χ3n) is 10.7. The van der Waals surface area contributed by atoms with E-state index in [0.29, 0.717) is 30.0 Å². The Morgan fingerprint density at radius 2 is 1.98 bits per heavy atom. The van der Waals surface area contributed by atoms with Crippen LogP contribution in [0.15, 0.2) is 30.3 Å². The van der Waals surface area contributed by atoms with Crippen LogP contribution in [-0.2, 0) is 21.4 Å². The van der Waals surface area contributed by atoms with Crippen LogP contribution < -0.4 is 14.2 Å². The molecule has 0 radical (unpaired) electrons. The molecule has 5 aliphatic rings. The second kappa shape index (κ2) is 11.1. The van der Waals surface area contributed by atoms with Crippen molar-refractivity contribution in [1.29, 1.82) is 0 Å². The summed E-state index contributed by atoms with van der Waals surface area (Å²) in [5, 5.41) is 0. The number of carbonyl (C=O) groups is 2. The fraction of sp³-hybridized carbons (Fsp3) is 0.568. The number of ether oxygens (including phenoxy) is 3. The Hall–Kier alpha value is -3.50. The molecule has 232 valence electrons. The number of benzene rings is 2. The smallest absolute Gasteiger partial charge is 0.308 e. The monoisotopic (exact) mass is 596 g/mol. The highest BCUT2D eigenvalue weighted by Crippen LogP contribution is 2.66. The number of rotatable bonds is 7. The van der Waals surface area contributed by atoms with Crippen molar-refractivity contribution in [3.05, 3.63) is 52.6 Å². The van der Waals surface area contributed by atoms with Crippen LogP contribution in [0.3, 0.4) is 0 Å². The minimum absolute atomic E-state index is 0.121. The van der Waals surface area contributed by atoms with Gasteiger partial charge in [0.2, 0.25) is 0 Å². The Bertz CT molecular complexity index is 1550. The zero-order chi connectivity index (χ0) is 30.7. The Balaban J connectivity index is 1.32. The molecule has 1 spiro atoms. The van der Waals surface area contributed by atoms with Crippen molar-refractivity contribution < 1.29 is 23.8 Å². The second-order valence-electron chi connectivity index (χ2n) is 14.1. The van der Waals surface area contributed by atoms with Crippen molar-refractivity contribution in [2.24, 2.45) is 17.8 Å². The summed E-state index contributed by atoms with van der Waals surface area (Å²) >= 11 is 0. The summed E-state index contributed by atoms with van der Waals surface area (Å²) in [7, 11) is 1.65. The summed E-state index contributed by atoms with van der Waals surface area (Å²) in [6, 6.07) is 10.0. The van der Waals surface area contributed by atoms with Crippen molar-refractivity contribution in [2.75, 3.05) is 26.7 Å². The molecule has 0 aromatic heterocycles. The molecule has 1 amide bonds. The fourth-order valence-corrected chi connectivity index (χ4v) is 8.89. The van der Waals surface area contributed by atoms with Crippen molar-refractivity contribution in [2.45, 2.75) is 89.8 Å². The maximum atomic E-state index is 14.0. The molecule has 0 N–H and O–H groups in total. The third kappa shape index (κ3) is 4.86. The van der Waals surface area contributed by atoms with E-state index < -0.39 is 0 Å². The second-order valence-corrected chi connectivity index (χ2v) is 14.1. The first-order valence-electron chi connectivity index (χ1n) is 16.4. The van der Waals surface area contributed by atoms with Gasteiger partial charge in [-0.25, -0.2) is 0 Å². The highest BCUT2D eigenvalue weighted by Gasteiger charge is 2.67. The average molecular weight is 597 g/mol. The first-order chi connectivity index (χ1) is 21.2. The lowest BCUT2D eigenvalue weighted by Gasteiger charge is -2.60. The van der Waals surface area contributed by atoms with Gasteiger partial charge in [-0.2, -0.15) is 0 Å². The van der Waals surface area contributed by atoms with Gasteiger partial charge in [0.05, 0.1) is 13.2 Å². The molecule has 7 heteroatoms. The Morgan fingerprint density at radius 3 is 2.68 bits per heavy atom. The van der Waals surface area contributed by atoms with Gasteiger partial charge < -0.3 is 19.1 Å². The molecule has 2 heterocycles. The number of carbonyl (C=O) groups excluding carboxylic acids is 2. The summed E-state index contributed by atoms with van der Waals surface area (Å²) < 4.78 is 18.8. The number of aryl methyl sites for hydroxylation is 1. The van der Waals surface area contributed by atoms with Crippen molar-refractivity contribution >= 4 is 11.9 Å². The Labute approximate surface area is 261 Å². The van der Waals surface area contributed by atoms with Gasteiger partial charge in [0.15, 0.2) is 11.5 Å². The van der Waals surface area contributed by atoms with Crippen molar-refractivity contribution in [3.8, 4) is 29.1 Å². The van der Waals surface area contributed by atoms with Gasteiger partial charge in [-0.05, 0) is 87.4 Å². The predicted molar refractivity (Wildman–Crippen MR) is 168 cm³/mol. The van der Waals surface area contributed by atoms with Gasteiger partial charge in [-0.15, -0.1) is 0 Å². The number of hydrogen-bond donors (Lipinski definition) is 0. The van der Waals surface area contributed by atoms with Crippen LogP contribution in [0.2, 0.25) is 0 Å². The van der Waals surface area contributed by atoms with Crippen LogP contribution in [0.4, 0.5) is 0 Å². The molecule has 2 aromatic rings. The summed E-state index contributed by atoms with van der Waals surface area (Å²) in [5.74, 6) is 9.10. The van der Waals surface area contributed by atoms with Gasteiger partial charge >= 0.3 is 5.97 Å². The predicted octanol–water partition coefficient (Wildman–Crippen LogP) is 5.28. The molecule has 3 aliphatic carbocycles. The number of methoxy groups -OCH3 is 1. The molecular weight excluding hydrogens is 552 g/mol. The first-order valence-corrected chi connectivity index (χ1v) is 16.4. The highest BCUT2D eigenvalue weighted by molar-refractivity contribution is 5.94. The standard InChI is InChI=1S/C37H44N2O5/c1-22(2)20-39(33(41)14-11-25-8-6-7-23(3)17-25)29-13-12-28-30-18-27-31(43-24(4)40)19-32(42-5)35-34(27)37(28,36(29)44-35)15-16-38(30)21-26-9-10-26/h6-8,17,19,22,26,28-30,36H,9-10,12-13,15-16,18,20-21H2,1-5H3/t28-,29-,30+,36-,37-/m0/s1.